The predicted molar refractivity (Wildman–Crippen MR) is 91.0 cm³/mol. The normalized spacial score (nSPS) is 23.6. The minimum Gasteiger partial charge on any atom is -0.355 e. The largest absolute Gasteiger partial charge is 0.355 e. The van der Waals surface area contributed by atoms with Gasteiger partial charge in [0.25, 0.3) is 5.91 Å². The van der Waals surface area contributed by atoms with Gasteiger partial charge in [0.2, 0.25) is 11.7 Å². The molecule has 2 fully saturated rings. The molecule has 6 nitrogen and oxygen atoms in total. The number of carbonyl (C=O) groups excluding carboxylic acids is 1. The summed E-state index contributed by atoms with van der Waals surface area (Å²) in [5.74, 6) is -2.26. The molecule has 2 aliphatic heterocycles. The van der Waals surface area contributed by atoms with Crippen LogP contribution < -0.4 is 10.6 Å². The summed E-state index contributed by atoms with van der Waals surface area (Å²) in [6, 6.07) is 0.0988. The number of rotatable bonds is 2. The Kier molecular flexibility index (Phi) is 4.90. The molecule has 0 bridgehead atoms. The van der Waals surface area contributed by atoms with Crippen molar-refractivity contribution < 1.29 is 13.6 Å². The van der Waals surface area contributed by atoms with Crippen LogP contribution in [0.5, 0.6) is 0 Å². The summed E-state index contributed by atoms with van der Waals surface area (Å²) >= 11 is 0. The second-order valence-corrected chi connectivity index (χ2v) is 7.08. The van der Waals surface area contributed by atoms with E-state index in [0.29, 0.717) is 13.1 Å². The van der Waals surface area contributed by atoms with Gasteiger partial charge in [0.15, 0.2) is 0 Å². The van der Waals surface area contributed by atoms with Gasteiger partial charge in [-0.05, 0) is 26.7 Å². The Morgan fingerprint density at radius 3 is 2.64 bits per heavy atom. The lowest BCUT2D eigenvalue weighted by Crippen LogP contribution is -2.35. The molecule has 0 unspecified atom stereocenters. The number of carbonyl (C=O) groups is 1. The van der Waals surface area contributed by atoms with Crippen LogP contribution in [0.15, 0.2) is 0 Å². The van der Waals surface area contributed by atoms with Gasteiger partial charge in [-0.1, -0.05) is 0 Å². The molecule has 0 aromatic carbocycles. The molecule has 0 aliphatic carbocycles. The highest BCUT2D eigenvalue weighted by atomic mass is 19.3. The molecule has 1 atom stereocenters. The number of likely N-dealkylation sites (tertiary alicyclic amines) is 1. The van der Waals surface area contributed by atoms with Crippen LogP contribution in [0.4, 0.5) is 14.6 Å². The SMILES string of the molecule is Cc1nc(C(=O)N2CCCC(F)(F)CC2)nc(N2CC[C@@H](N)C2)c1C. The molecule has 1 aromatic rings. The number of nitrogens with two attached hydrogens (primary N) is 1. The standard InChI is InChI=1S/C17H25F2N5O/c1-11-12(2)21-14(22-15(11)24-8-4-13(20)10-24)16(25)23-7-3-5-17(18,19)6-9-23/h13H,3-10,20H2,1-2H3/t13-/m1/s1. The molecule has 0 radical (unpaired) electrons. The average molecular weight is 353 g/mol. The maximum absolute atomic E-state index is 13.5. The number of halogens is 2. The van der Waals surface area contributed by atoms with Gasteiger partial charge < -0.3 is 15.5 Å². The van der Waals surface area contributed by atoms with Gasteiger partial charge >= 0.3 is 0 Å². The molecule has 3 heterocycles. The van der Waals surface area contributed by atoms with Crippen LogP contribution in [0.3, 0.4) is 0 Å². The number of anilines is 1. The van der Waals surface area contributed by atoms with Crippen LogP contribution in [0, 0.1) is 13.8 Å². The highest BCUT2D eigenvalue weighted by Gasteiger charge is 2.34. The smallest absolute Gasteiger partial charge is 0.291 e. The zero-order chi connectivity index (χ0) is 18.2. The molecule has 3 rings (SSSR count). The number of aryl methyl sites for hydroxylation is 1. The fourth-order valence-corrected chi connectivity index (χ4v) is 3.41. The zero-order valence-corrected chi connectivity index (χ0v) is 14.8. The monoisotopic (exact) mass is 353 g/mol. The van der Waals surface area contributed by atoms with E-state index in [-0.39, 0.29) is 43.6 Å². The third-order valence-corrected chi connectivity index (χ3v) is 5.08. The first-order valence-electron chi connectivity index (χ1n) is 8.80. The van der Waals surface area contributed by atoms with Gasteiger partial charge in [0.05, 0.1) is 0 Å². The number of hydrogen-bond donors (Lipinski definition) is 1. The van der Waals surface area contributed by atoms with Crippen molar-refractivity contribution in [3.8, 4) is 0 Å². The van der Waals surface area contributed by atoms with Crippen molar-refractivity contribution in [2.75, 3.05) is 31.1 Å². The first kappa shape index (κ1) is 18.0. The van der Waals surface area contributed by atoms with E-state index >= 15 is 0 Å². The van der Waals surface area contributed by atoms with Gasteiger partial charge in [-0.2, -0.15) is 0 Å². The lowest BCUT2D eigenvalue weighted by atomic mass is 10.1. The van der Waals surface area contributed by atoms with E-state index in [1.54, 1.807) is 0 Å². The molecule has 0 saturated carbocycles. The molecule has 2 N–H and O–H groups in total. The number of amides is 1. The Hall–Kier alpha value is -1.83. The van der Waals surface area contributed by atoms with Crippen molar-refractivity contribution in [3.05, 3.63) is 17.1 Å². The van der Waals surface area contributed by atoms with Crippen LogP contribution in [0.2, 0.25) is 0 Å². The van der Waals surface area contributed by atoms with E-state index in [2.05, 4.69) is 14.9 Å². The summed E-state index contributed by atoms with van der Waals surface area (Å²) in [6.07, 6.45) is 0.684. The van der Waals surface area contributed by atoms with Gasteiger partial charge in [0.1, 0.15) is 5.82 Å². The van der Waals surface area contributed by atoms with E-state index in [0.717, 1.165) is 30.0 Å². The Morgan fingerprint density at radius 2 is 1.96 bits per heavy atom. The summed E-state index contributed by atoms with van der Waals surface area (Å²) < 4.78 is 27.1. The number of hydrogen-bond acceptors (Lipinski definition) is 5. The molecular formula is C17H25F2N5O. The summed E-state index contributed by atoms with van der Waals surface area (Å²) in [4.78, 5) is 25.1. The number of alkyl halides is 2. The number of nitrogens with zero attached hydrogens (tertiary/aromatic N) is 4. The van der Waals surface area contributed by atoms with Crippen molar-refractivity contribution in [1.82, 2.24) is 14.9 Å². The van der Waals surface area contributed by atoms with Crippen LogP contribution in [0.1, 0.15) is 47.6 Å². The Balaban J connectivity index is 1.84. The lowest BCUT2D eigenvalue weighted by molar-refractivity contribution is -0.0126. The fourth-order valence-electron chi connectivity index (χ4n) is 3.41. The van der Waals surface area contributed by atoms with Crippen molar-refractivity contribution >= 4 is 11.7 Å². The lowest BCUT2D eigenvalue weighted by Gasteiger charge is -2.23. The topological polar surface area (TPSA) is 75.4 Å². The molecule has 0 spiro atoms. The van der Waals surface area contributed by atoms with Crippen molar-refractivity contribution in [2.24, 2.45) is 5.73 Å². The van der Waals surface area contributed by atoms with Crippen LogP contribution >= 0.6 is 0 Å². The average Bonchev–Trinajstić information content (AvgIpc) is 2.89. The van der Waals surface area contributed by atoms with Crippen molar-refractivity contribution in [3.63, 3.8) is 0 Å². The van der Waals surface area contributed by atoms with E-state index in [9.17, 15) is 13.6 Å². The molecule has 25 heavy (non-hydrogen) atoms. The molecule has 1 amide bonds. The molecule has 1 aromatic heterocycles. The van der Waals surface area contributed by atoms with Crippen LogP contribution in [0.25, 0.3) is 0 Å². The highest BCUT2D eigenvalue weighted by molar-refractivity contribution is 5.91. The highest BCUT2D eigenvalue weighted by Crippen LogP contribution is 2.29. The fraction of sp³-hybridized carbons (Fsp3) is 0.706. The summed E-state index contributed by atoms with van der Waals surface area (Å²) in [6.45, 7) is 5.60. The third kappa shape index (κ3) is 3.89. The molecule has 138 valence electrons. The maximum Gasteiger partial charge on any atom is 0.291 e. The number of aromatic nitrogens is 2. The Morgan fingerprint density at radius 1 is 1.20 bits per heavy atom. The molecule has 2 aliphatic rings. The second-order valence-electron chi connectivity index (χ2n) is 7.08. The van der Waals surface area contributed by atoms with Crippen molar-refractivity contribution in [2.45, 2.75) is 51.5 Å². The minimum absolute atomic E-state index is 0.0338. The Labute approximate surface area is 146 Å². The molecule has 8 heteroatoms. The summed E-state index contributed by atoms with van der Waals surface area (Å²) in [5, 5.41) is 0. The maximum atomic E-state index is 13.5. The predicted octanol–water partition coefficient (Wildman–Crippen LogP) is 1.89. The Bertz CT molecular complexity index is 667. The van der Waals surface area contributed by atoms with E-state index in [4.69, 9.17) is 5.73 Å². The van der Waals surface area contributed by atoms with Crippen LogP contribution in [-0.4, -0.2) is 58.9 Å². The van der Waals surface area contributed by atoms with Crippen LogP contribution in [-0.2, 0) is 0 Å². The van der Waals surface area contributed by atoms with E-state index < -0.39 is 5.92 Å². The first-order chi connectivity index (χ1) is 11.8. The van der Waals surface area contributed by atoms with E-state index in [1.807, 2.05) is 13.8 Å². The van der Waals surface area contributed by atoms with Crippen molar-refractivity contribution in [1.29, 1.82) is 0 Å². The van der Waals surface area contributed by atoms with Gasteiger partial charge in [-0.3, -0.25) is 4.79 Å². The second kappa shape index (κ2) is 6.82. The van der Waals surface area contributed by atoms with Gasteiger partial charge in [0, 0.05) is 56.3 Å². The first-order valence-corrected chi connectivity index (χ1v) is 8.80. The molecule has 2 saturated heterocycles. The quantitative estimate of drug-likeness (QED) is 0.879. The summed E-state index contributed by atoms with van der Waals surface area (Å²) in [5.41, 5.74) is 7.63. The summed E-state index contributed by atoms with van der Waals surface area (Å²) in [7, 11) is 0. The minimum atomic E-state index is -2.70. The molecular weight excluding hydrogens is 328 g/mol. The van der Waals surface area contributed by atoms with E-state index in [1.165, 1.54) is 4.90 Å². The zero-order valence-electron chi connectivity index (χ0n) is 14.8. The van der Waals surface area contributed by atoms with Gasteiger partial charge in [-0.15, -0.1) is 0 Å². The third-order valence-electron chi connectivity index (χ3n) is 5.08. The van der Waals surface area contributed by atoms with Gasteiger partial charge in [-0.25, -0.2) is 18.7 Å².